The normalized spacial score (nSPS) is 10.9. The van der Waals surface area contributed by atoms with Gasteiger partial charge in [0.05, 0.1) is 11.0 Å². The maximum atomic E-state index is 12.2. The summed E-state index contributed by atoms with van der Waals surface area (Å²) in [5.74, 6) is -0.239. The second-order valence-electron chi connectivity index (χ2n) is 4.98. The van der Waals surface area contributed by atoms with Crippen LogP contribution in [-0.4, -0.2) is 25.6 Å². The van der Waals surface area contributed by atoms with Crippen LogP contribution in [0.3, 0.4) is 0 Å². The number of alkyl carbamates (subject to hydrolysis) is 1. The molecule has 0 saturated heterocycles. The molecule has 0 spiro atoms. The second-order valence-corrected chi connectivity index (χ2v) is 5.83. The molecule has 1 amide bonds. The van der Waals surface area contributed by atoms with Gasteiger partial charge in [-0.15, -0.1) is 13.2 Å². The van der Waals surface area contributed by atoms with Gasteiger partial charge in [-0.3, -0.25) is 0 Å². The first kappa shape index (κ1) is 19.9. The van der Waals surface area contributed by atoms with E-state index in [2.05, 4.69) is 26.0 Å². The van der Waals surface area contributed by atoms with Crippen molar-refractivity contribution in [1.29, 1.82) is 0 Å². The smallest absolute Gasteiger partial charge is 0.490 e. The lowest BCUT2D eigenvalue weighted by atomic mass is 10.2. The lowest BCUT2D eigenvalue weighted by molar-refractivity contribution is -0.274. The van der Waals surface area contributed by atoms with Crippen LogP contribution in [0.25, 0.3) is 0 Å². The van der Waals surface area contributed by atoms with Crippen LogP contribution in [-0.2, 0) is 11.3 Å². The van der Waals surface area contributed by atoms with Crippen molar-refractivity contribution in [2.24, 2.45) is 0 Å². The number of carbonyl (C=O) groups is 1. The fourth-order valence-corrected chi connectivity index (χ4v) is 2.24. The first-order valence-corrected chi connectivity index (χ1v) is 8.25. The van der Waals surface area contributed by atoms with E-state index in [1.165, 1.54) is 6.07 Å². The molecule has 5 nitrogen and oxygen atoms in total. The van der Waals surface area contributed by atoms with Gasteiger partial charge in [0, 0.05) is 6.07 Å². The predicted molar refractivity (Wildman–Crippen MR) is 90.9 cm³/mol. The molecule has 0 saturated carbocycles. The zero-order chi connectivity index (χ0) is 19.0. The Labute approximate surface area is 156 Å². The van der Waals surface area contributed by atoms with E-state index in [-0.39, 0.29) is 25.5 Å². The highest BCUT2D eigenvalue weighted by atomic mass is 79.9. The molecular weight excluding hydrogens is 419 g/mol. The molecule has 140 valence electrons. The van der Waals surface area contributed by atoms with E-state index in [1.807, 2.05) is 30.3 Å². The molecule has 0 atom stereocenters. The number of halogens is 4. The molecular formula is C17H15BrF3NO4. The topological polar surface area (TPSA) is 56.8 Å². The maximum absolute atomic E-state index is 12.2. The van der Waals surface area contributed by atoms with Crippen molar-refractivity contribution in [3.05, 3.63) is 58.6 Å². The molecule has 0 radical (unpaired) electrons. The fraction of sp³-hybridized carbons (Fsp3) is 0.235. The van der Waals surface area contributed by atoms with E-state index in [1.54, 1.807) is 0 Å². The van der Waals surface area contributed by atoms with Gasteiger partial charge in [-0.1, -0.05) is 30.3 Å². The van der Waals surface area contributed by atoms with Crippen LogP contribution in [0, 0.1) is 0 Å². The first-order valence-electron chi connectivity index (χ1n) is 7.46. The number of amides is 1. The van der Waals surface area contributed by atoms with E-state index >= 15 is 0 Å². The summed E-state index contributed by atoms with van der Waals surface area (Å²) in [4.78, 5) is 11.6. The Morgan fingerprint density at radius 3 is 2.54 bits per heavy atom. The minimum atomic E-state index is -4.78. The molecule has 0 heterocycles. The lowest BCUT2D eigenvalue weighted by Gasteiger charge is -2.13. The van der Waals surface area contributed by atoms with Gasteiger partial charge in [-0.2, -0.15) is 0 Å². The van der Waals surface area contributed by atoms with E-state index in [0.717, 1.165) is 17.7 Å². The Balaban J connectivity index is 1.73. The van der Waals surface area contributed by atoms with Gasteiger partial charge < -0.3 is 19.5 Å². The molecule has 0 aliphatic rings. The van der Waals surface area contributed by atoms with Crippen LogP contribution < -0.4 is 14.8 Å². The molecule has 0 aliphatic heterocycles. The van der Waals surface area contributed by atoms with Gasteiger partial charge in [0.25, 0.3) is 0 Å². The molecule has 26 heavy (non-hydrogen) atoms. The van der Waals surface area contributed by atoms with Gasteiger partial charge >= 0.3 is 12.5 Å². The minimum absolute atomic E-state index is 0.0362. The third-order valence-electron chi connectivity index (χ3n) is 2.98. The van der Waals surface area contributed by atoms with Crippen LogP contribution in [0.1, 0.15) is 5.56 Å². The molecule has 2 rings (SSSR count). The average Bonchev–Trinajstić information content (AvgIpc) is 2.59. The Kier molecular flexibility index (Phi) is 7.14. The number of hydrogen-bond acceptors (Lipinski definition) is 4. The van der Waals surface area contributed by atoms with Crippen molar-refractivity contribution in [2.45, 2.75) is 13.0 Å². The highest BCUT2D eigenvalue weighted by Crippen LogP contribution is 2.32. The highest BCUT2D eigenvalue weighted by Gasteiger charge is 2.31. The lowest BCUT2D eigenvalue weighted by Crippen LogP contribution is -2.28. The molecule has 1 N–H and O–H groups in total. The fourth-order valence-electron chi connectivity index (χ4n) is 1.88. The Morgan fingerprint density at radius 1 is 1.12 bits per heavy atom. The van der Waals surface area contributed by atoms with Crippen molar-refractivity contribution in [3.8, 4) is 11.5 Å². The Bertz CT molecular complexity index is 726. The van der Waals surface area contributed by atoms with Crippen molar-refractivity contribution in [3.63, 3.8) is 0 Å². The van der Waals surface area contributed by atoms with Gasteiger partial charge in [0.15, 0.2) is 0 Å². The van der Waals surface area contributed by atoms with E-state index < -0.39 is 18.2 Å². The monoisotopic (exact) mass is 433 g/mol. The molecule has 0 bridgehead atoms. The quantitative estimate of drug-likeness (QED) is 0.645. The van der Waals surface area contributed by atoms with Crippen LogP contribution in [0.5, 0.6) is 11.5 Å². The number of benzene rings is 2. The number of hydrogen-bond donors (Lipinski definition) is 1. The maximum Gasteiger partial charge on any atom is 0.573 e. The van der Waals surface area contributed by atoms with E-state index in [9.17, 15) is 18.0 Å². The number of rotatable bonds is 7. The zero-order valence-electron chi connectivity index (χ0n) is 13.4. The van der Waals surface area contributed by atoms with Crippen molar-refractivity contribution in [2.75, 3.05) is 13.2 Å². The highest BCUT2D eigenvalue weighted by molar-refractivity contribution is 9.10. The SMILES string of the molecule is O=C(NCCOc1cc(OC(F)(F)F)ccc1Br)OCc1ccccc1. The van der Waals surface area contributed by atoms with Crippen molar-refractivity contribution >= 4 is 22.0 Å². The molecule has 0 unspecified atom stereocenters. The molecule has 9 heteroatoms. The van der Waals surface area contributed by atoms with Crippen molar-refractivity contribution < 1.29 is 32.2 Å². The number of nitrogens with one attached hydrogen (secondary N) is 1. The Hall–Kier alpha value is -2.42. The Morgan fingerprint density at radius 2 is 1.85 bits per heavy atom. The van der Waals surface area contributed by atoms with Gasteiger partial charge in [-0.25, -0.2) is 4.79 Å². The third-order valence-corrected chi connectivity index (χ3v) is 3.63. The second kappa shape index (κ2) is 9.33. The standard InChI is InChI=1S/C17H15BrF3NO4/c18-14-7-6-13(26-17(19,20)21)10-15(14)24-9-8-22-16(23)25-11-12-4-2-1-3-5-12/h1-7,10H,8-9,11H2,(H,22,23). The molecule has 0 aromatic heterocycles. The molecule has 0 fully saturated rings. The summed E-state index contributed by atoms with van der Waals surface area (Å²) in [7, 11) is 0. The summed E-state index contributed by atoms with van der Waals surface area (Å²) in [6.45, 7) is 0.287. The van der Waals surface area contributed by atoms with Gasteiger partial charge in [-0.05, 0) is 33.6 Å². The zero-order valence-corrected chi connectivity index (χ0v) is 15.0. The van der Waals surface area contributed by atoms with Crippen LogP contribution in [0.2, 0.25) is 0 Å². The molecule has 2 aromatic rings. The first-order chi connectivity index (χ1) is 12.3. The van der Waals surface area contributed by atoms with E-state index in [4.69, 9.17) is 9.47 Å². The van der Waals surface area contributed by atoms with Crippen LogP contribution >= 0.6 is 15.9 Å². The summed E-state index contributed by atoms with van der Waals surface area (Å²) in [5.41, 5.74) is 0.851. The average molecular weight is 434 g/mol. The minimum Gasteiger partial charge on any atom is -0.490 e. The van der Waals surface area contributed by atoms with Crippen LogP contribution in [0.4, 0.5) is 18.0 Å². The van der Waals surface area contributed by atoms with Crippen LogP contribution in [0.15, 0.2) is 53.0 Å². The summed E-state index contributed by atoms with van der Waals surface area (Å²) < 4.78 is 51.3. The summed E-state index contributed by atoms with van der Waals surface area (Å²) in [6, 6.07) is 12.8. The summed E-state index contributed by atoms with van der Waals surface area (Å²) in [6.07, 6.45) is -5.40. The number of carbonyl (C=O) groups excluding carboxylic acids is 1. The van der Waals surface area contributed by atoms with E-state index in [0.29, 0.717) is 4.47 Å². The van der Waals surface area contributed by atoms with Gasteiger partial charge in [0.1, 0.15) is 24.7 Å². The molecule has 2 aromatic carbocycles. The number of alkyl halides is 3. The summed E-state index contributed by atoms with van der Waals surface area (Å²) in [5, 5.41) is 2.48. The molecule has 0 aliphatic carbocycles. The largest absolute Gasteiger partial charge is 0.573 e. The summed E-state index contributed by atoms with van der Waals surface area (Å²) >= 11 is 3.17. The van der Waals surface area contributed by atoms with Crippen molar-refractivity contribution in [1.82, 2.24) is 5.32 Å². The van der Waals surface area contributed by atoms with Gasteiger partial charge in [0.2, 0.25) is 0 Å². The third kappa shape index (κ3) is 7.22. The number of ether oxygens (including phenoxy) is 3. The predicted octanol–water partition coefficient (Wildman–Crippen LogP) is 4.65.